The number of unbranched alkanes of at least 4 members (excludes halogenated alkanes) is 3. The fraction of sp³-hybridized carbons (Fsp3) is 0.812. The Bertz CT molecular complexity index is 355. The molecule has 0 saturated carbocycles. The molecule has 3 heteroatoms. The maximum Gasteiger partial charge on any atom is 0.140 e. The molecule has 0 bridgehead atoms. The lowest BCUT2D eigenvalue weighted by Gasteiger charge is -2.28. The molecule has 1 N–H and O–H groups in total. The van der Waals surface area contributed by atoms with Gasteiger partial charge in [-0.1, -0.05) is 46.5 Å². The van der Waals surface area contributed by atoms with Crippen molar-refractivity contribution in [2.75, 3.05) is 0 Å². The lowest BCUT2D eigenvalue weighted by atomic mass is 9.96. The van der Waals surface area contributed by atoms with Crippen molar-refractivity contribution in [2.24, 2.45) is 0 Å². The van der Waals surface area contributed by atoms with E-state index in [1.165, 1.54) is 25.7 Å². The summed E-state index contributed by atoms with van der Waals surface area (Å²) < 4.78 is 2.17. The van der Waals surface area contributed by atoms with Crippen molar-refractivity contribution in [1.82, 2.24) is 9.55 Å². The molecule has 0 saturated heterocycles. The molecule has 0 spiro atoms. The molecule has 0 aromatic carbocycles. The second-order valence-electron chi connectivity index (χ2n) is 5.60. The van der Waals surface area contributed by atoms with E-state index in [0.717, 1.165) is 12.2 Å². The molecule has 1 atom stereocenters. The van der Waals surface area contributed by atoms with E-state index in [1.54, 1.807) is 0 Å². The van der Waals surface area contributed by atoms with Gasteiger partial charge in [-0.3, -0.25) is 0 Å². The first-order valence-electron chi connectivity index (χ1n) is 7.84. The Morgan fingerprint density at radius 3 is 2.47 bits per heavy atom. The Labute approximate surface area is 118 Å². The maximum atomic E-state index is 10.6. The Morgan fingerprint density at radius 1 is 1.21 bits per heavy atom. The fourth-order valence-corrected chi connectivity index (χ4v) is 2.60. The van der Waals surface area contributed by atoms with Gasteiger partial charge in [0.2, 0.25) is 0 Å². The molecule has 1 unspecified atom stereocenters. The van der Waals surface area contributed by atoms with E-state index < -0.39 is 5.60 Å². The van der Waals surface area contributed by atoms with E-state index in [-0.39, 0.29) is 0 Å². The highest BCUT2D eigenvalue weighted by Gasteiger charge is 2.30. The molecule has 0 aliphatic heterocycles. The van der Waals surface area contributed by atoms with E-state index in [2.05, 4.69) is 23.4 Å². The molecule has 0 aliphatic carbocycles. The van der Waals surface area contributed by atoms with Crippen molar-refractivity contribution in [3.63, 3.8) is 0 Å². The van der Waals surface area contributed by atoms with E-state index in [9.17, 15) is 5.11 Å². The SMILES string of the molecule is CCCCCCC(C)n1ccnc1C(O)(CC)CC. The maximum absolute atomic E-state index is 10.6. The third-order valence-electron chi connectivity index (χ3n) is 4.20. The summed E-state index contributed by atoms with van der Waals surface area (Å²) in [5.74, 6) is 0.834. The van der Waals surface area contributed by atoms with E-state index in [0.29, 0.717) is 18.9 Å². The molecule has 0 radical (unpaired) electrons. The van der Waals surface area contributed by atoms with Gasteiger partial charge in [0.05, 0.1) is 0 Å². The second-order valence-corrected chi connectivity index (χ2v) is 5.60. The van der Waals surface area contributed by atoms with Gasteiger partial charge >= 0.3 is 0 Å². The molecular formula is C16H30N2O. The van der Waals surface area contributed by atoms with Gasteiger partial charge in [-0.2, -0.15) is 0 Å². The Balaban J connectivity index is 2.71. The molecule has 0 aliphatic rings. The standard InChI is InChI=1S/C16H30N2O/c1-5-8-9-10-11-14(4)18-13-12-17-15(18)16(19,6-2)7-3/h12-14,19H,5-11H2,1-4H3. The lowest BCUT2D eigenvalue weighted by Crippen LogP contribution is -2.29. The van der Waals surface area contributed by atoms with Crippen LogP contribution < -0.4 is 0 Å². The van der Waals surface area contributed by atoms with Gasteiger partial charge in [0.15, 0.2) is 0 Å². The smallest absolute Gasteiger partial charge is 0.140 e. The van der Waals surface area contributed by atoms with Gasteiger partial charge in [-0.15, -0.1) is 0 Å². The number of nitrogens with zero attached hydrogens (tertiary/aromatic N) is 2. The summed E-state index contributed by atoms with van der Waals surface area (Å²) in [5.41, 5.74) is -0.777. The number of hydrogen-bond acceptors (Lipinski definition) is 2. The number of aliphatic hydroxyl groups is 1. The van der Waals surface area contributed by atoms with E-state index in [4.69, 9.17) is 0 Å². The zero-order valence-corrected chi connectivity index (χ0v) is 13.0. The molecule has 3 nitrogen and oxygen atoms in total. The van der Waals surface area contributed by atoms with Crippen LogP contribution in [0.25, 0.3) is 0 Å². The van der Waals surface area contributed by atoms with Gasteiger partial charge < -0.3 is 9.67 Å². The van der Waals surface area contributed by atoms with Crippen LogP contribution in [-0.2, 0) is 5.60 Å². The molecule has 0 fully saturated rings. The van der Waals surface area contributed by atoms with Gasteiger partial charge in [0.25, 0.3) is 0 Å². The molecule has 1 aromatic heterocycles. The summed E-state index contributed by atoms with van der Waals surface area (Å²) in [4.78, 5) is 4.41. The van der Waals surface area contributed by atoms with Crippen molar-refractivity contribution in [3.8, 4) is 0 Å². The van der Waals surface area contributed by atoms with Gasteiger partial charge in [-0.25, -0.2) is 4.98 Å². The predicted octanol–water partition coefficient (Wildman–Crippen LogP) is 4.42. The zero-order chi connectivity index (χ0) is 14.3. The minimum absolute atomic E-state index is 0.416. The van der Waals surface area contributed by atoms with Gasteiger partial charge in [0.1, 0.15) is 11.4 Å². The quantitative estimate of drug-likeness (QED) is 0.672. The molecule has 19 heavy (non-hydrogen) atoms. The molecule has 1 aromatic rings. The van der Waals surface area contributed by atoms with Crippen LogP contribution in [0.1, 0.15) is 84.5 Å². The minimum Gasteiger partial charge on any atom is -0.382 e. The minimum atomic E-state index is -0.777. The summed E-state index contributed by atoms with van der Waals surface area (Å²) in [7, 11) is 0. The van der Waals surface area contributed by atoms with Crippen LogP contribution in [0.15, 0.2) is 12.4 Å². The number of hydrogen-bond donors (Lipinski definition) is 1. The number of rotatable bonds is 9. The monoisotopic (exact) mass is 266 g/mol. The zero-order valence-electron chi connectivity index (χ0n) is 13.0. The summed E-state index contributed by atoms with van der Waals surface area (Å²) in [6.45, 7) is 8.51. The van der Waals surface area contributed by atoms with Crippen LogP contribution in [-0.4, -0.2) is 14.7 Å². The predicted molar refractivity (Wildman–Crippen MR) is 80.2 cm³/mol. The van der Waals surface area contributed by atoms with Gasteiger partial charge in [-0.05, 0) is 26.2 Å². The fourth-order valence-electron chi connectivity index (χ4n) is 2.60. The Hall–Kier alpha value is -0.830. The molecule has 110 valence electrons. The largest absolute Gasteiger partial charge is 0.382 e. The Morgan fingerprint density at radius 2 is 1.89 bits per heavy atom. The molecule has 1 heterocycles. The third-order valence-corrected chi connectivity index (χ3v) is 4.20. The summed E-state index contributed by atoms with van der Waals surface area (Å²) in [6.07, 6.45) is 11.6. The number of aromatic nitrogens is 2. The van der Waals surface area contributed by atoms with E-state index in [1.807, 2.05) is 26.2 Å². The summed E-state index contributed by atoms with van der Waals surface area (Å²) >= 11 is 0. The lowest BCUT2D eigenvalue weighted by molar-refractivity contribution is 0.0145. The van der Waals surface area contributed by atoms with Crippen molar-refractivity contribution in [1.29, 1.82) is 0 Å². The topological polar surface area (TPSA) is 38.0 Å². The van der Waals surface area contributed by atoms with Crippen LogP contribution in [0.3, 0.4) is 0 Å². The first kappa shape index (κ1) is 16.2. The average molecular weight is 266 g/mol. The highest BCUT2D eigenvalue weighted by atomic mass is 16.3. The van der Waals surface area contributed by atoms with Crippen molar-refractivity contribution in [3.05, 3.63) is 18.2 Å². The Kier molecular flexibility index (Phi) is 6.56. The first-order chi connectivity index (χ1) is 9.09. The van der Waals surface area contributed by atoms with Crippen LogP contribution in [0, 0.1) is 0 Å². The summed E-state index contributed by atoms with van der Waals surface area (Å²) in [6, 6.07) is 0.416. The molecule has 1 rings (SSSR count). The van der Waals surface area contributed by atoms with Crippen LogP contribution in [0.5, 0.6) is 0 Å². The van der Waals surface area contributed by atoms with Crippen molar-refractivity contribution in [2.45, 2.75) is 84.3 Å². The number of imidazole rings is 1. The molecular weight excluding hydrogens is 236 g/mol. The first-order valence-corrected chi connectivity index (χ1v) is 7.84. The van der Waals surface area contributed by atoms with Crippen LogP contribution in [0.2, 0.25) is 0 Å². The van der Waals surface area contributed by atoms with Crippen LogP contribution >= 0.6 is 0 Å². The third kappa shape index (κ3) is 4.07. The highest BCUT2D eigenvalue weighted by molar-refractivity contribution is 5.05. The second kappa shape index (κ2) is 7.68. The van der Waals surface area contributed by atoms with E-state index >= 15 is 0 Å². The van der Waals surface area contributed by atoms with Crippen LogP contribution in [0.4, 0.5) is 0 Å². The summed E-state index contributed by atoms with van der Waals surface area (Å²) in [5, 5.41) is 10.6. The van der Waals surface area contributed by atoms with Crippen molar-refractivity contribution >= 4 is 0 Å². The normalized spacial score (nSPS) is 13.7. The highest BCUT2D eigenvalue weighted by Crippen LogP contribution is 2.30. The molecule has 0 amide bonds. The average Bonchev–Trinajstić information content (AvgIpc) is 2.92. The van der Waals surface area contributed by atoms with Gasteiger partial charge in [0, 0.05) is 18.4 Å². The van der Waals surface area contributed by atoms with Crippen molar-refractivity contribution < 1.29 is 5.11 Å².